The molecule has 25 heavy (non-hydrogen) atoms. The van der Waals surface area contributed by atoms with Crippen LogP contribution in [0.25, 0.3) is 10.9 Å². The van der Waals surface area contributed by atoms with Gasteiger partial charge < -0.3 is 4.90 Å². The van der Waals surface area contributed by atoms with Crippen LogP contribution in [-0.2, 0) is 9.84 Å². The number of nitrogens with zero attached hydrogens (tertiary/aromatic N) is 2. The predicted octanol–water partition coefficient (Wildman–Crippen LogP) is 2.44. The third-order valence-corrected chi connectivity index (χ3v) is 6.54. The molecule has 1 aliphatic rings. The highest BCUT2D eigenvalue weighted by molar-refractivity contribution is 7.92. The number of fused-ring (bicyclic) bond motifs is 1. The molecule has 1 unspecified atom stereocenters. The molecule has 1 atom stereocenters. The second-order valence-corrected chi connectivity index (χ2v) is 8.22. The first-order chi connectivity index (χ1) is 12.2. The van der Waals surface area contributed by atoms with Crippen molar-refractivity contribution in [3.63, 3.8) is 0 Å². The van der Waals surface area contributed by atoms with Crippen LogP contribution in [0.15, 0.2) is 71.8 Å². The minimum absolute atomic E-state index is 0.355. The predicted molar refractivity (Wildman–Crippen MR) is 99.4 cm³/mol. The summed E-state index contributed by atoms with van der Waals surface area (Å²) in [5, 5.41) is 3.58. The van der Waals surface area contributed by atoms with E-state index in [4.69, 9.17) is 0 Å². The van der Waals surface area contributed by atoms with Crippen LogP contribution in [-0.4, -0.2) is 38.4 Å². The highest BCUT2D eigenvalue weighted by Crippen LogP contribution is 2.27. The van der Waals surface area contributed by atoms with Crippen molar-refractivity contribution in [1.82, 2.24) is 10.3 Å². The Morgan fingerprint density at radius 2 is 1.84 bits per heavy atom. The number of rotatable bonds is 3. The van der Waals surface area contributed by atoms with Crippen LogP contribution < -0.4 is 10.2 Å². The van der Waals surface area contributed by atoms with E-state index in [9.17, 15) is 8.42 Å². The van der Waals surface area contributed by atoms with Crippen molar-refractivity contribution in [1.29, 1.82) is 0 Å². The van der Waals surface area contributed by atoms with E-state index in [0.717, 1.165) is 23.1 Å². The number of aromatic nitrogens is 1. The van der Waals surface area contributed by atoms with Crippen LogP contribution in [0.4, 0.5) is 5.69 Å². The van der Waals surface area contributed by atoms with Crippen molar-refractivity contribution in [2.75, 3.05) is 24.5 Å². The zero-order valence-corrected chi connectivity index (χ0v) is 14.5. The van der Waals surface area contributed by atoms with E-state index >= 15 is 0 Å². The van der Waals surface area contributed by atoms with Crippen LogP contribution >= 0.6 is 0 Å². The smallest absolute Gasteiger partial charge is 0.195 e. The topological polar surface area (TPSA) is 62.3 Å². The first kappa shape index (κ1) is 16.1. The molecule has 0 bridgehead atoms. The molecule has 0 aliphatic carbocycles. The summed E-state index contributed by atoms with van der Waals surface area (Å²) >= 11 is 0. The van der Waals surface area contributed by atoms with E-state index in [1.54, 1.807) is 30.5 Å². The molecule has 1 N–H and O–H groups in total. The summed E-state index contributed by atoms with van der Waals surface area (Å²) in [6.07, 6.45) is 1.77. The van der Waals surface area contributed by atoms with Crippen molar-refractivity contribution in [2.45, 2.75) is 10.3 Å². The summed E-state index contributed by atoms with van der Waals surface area (Å²) < 4.78 is 25.9. The van der Waals surface area contributed by atoms with E-state index in [-0.39, 0.29) is 0 Å². The second kappa shape index (κ2) is 6.46. The second-order valence-electron chi connectivity index (χ2n) is 6.09. The van der Waals surface area contributed by atoms with Crippen molar-refractivity contribution < 1.29 is 8.42 Å². The summed E-state index contributed by atoms with van der Waals surface area (Å²) in [4.78, 5) is 6.88. The fourth-order valence-corrected chi connectivity index (χ4v) is 4.86. The zero-order chi connectivity index (χ0) is 17.3. The highest BCUT2D eigenvalue weighted by atomic mass is 32.2. The molecule has 1 aliphatic heterocycles. The number of sulfone groups is 1. The number of nitrogens with one attached hydrogen (secondary N) is 1. The van der Waals surface area contributed by atoms with E-state index in [1.165, 1.54) is 0 Å². The molecule has 0 saturated carbocycles. The van der Waals surface area contributed by atoms with E-state index in [1.807, 2.05) is 36.4 Å². The SMILES string of the molecule is O=S(=O)(c1ccccc1)C1CN(c2cccc3ncccc23)CCN1. The largest absolute Gasteiger partial charge is 0.367 e. The lowest BCUT2D eigenvalue weighted by Crippen LogP contribution is -2.54. The first-order valence-corrected chi connectivity index (χ1v) is 9.82. The molecule has 4 rings (SSSR count). The maximum absolute atomic E-state index is 12.9. The van der Waals surface area contributed by atoms with Gasteiger partial charge in [-0.15, -0.1) is 0 Å². The van der Waals surface area contributed by atoms with Crippen molar-refractivity contribution in [2.24, 2.45) is 0 Å². The molecular formula is C19H19N3O2S. The van der Waals surface area contributed by atoms with Gasteiger partial charge in [-0.25, -0.2) is 8.42 Å². The van der Waals surface area contributed by atoms with Gasteiger partial charge in [-0.3, -0.25) is 10.3 Å². The minimum Gasteiger partial charge on any atom is -0.367 e. The monoisotopic (exact) mass is 353 g/mol. The Kier molecular flexibility index (Phi) is 4.15. The highest BCUT2D eigenvalue weighted by Gasteiger charge is 2.32. The zero-order valence-electron chi connectivity index (χ0n) is 13.7. The van der Waals surface area contributed by atoms with E-state index in [2.05, 4.69) is 15.2 Å². The van der Waals surface area contributed by atoms with Gasteiger partial charge in [0.05, 0.1) is 10.4 Å². The van der Waals surface area contributed by atoms with Crippen LogP contribution in [0.3, 0.4) is 0 Å². The Morgan fingerprint density at radius 1 is 1.00 bits per heavy atom. The molecule has 5 nitrogen and oxygen atoms in total. The summed E-state index contributed by atoms with van der Waals surface area (Å²) in [6, 6.07) is 18.5. The molecule has 2 heterocycles. The Balaban J connectivity index is 1.67. The van der Waals surface area contributed by atoms with E-state index < -0.39 is 15.2 Å². The van der Waals surface area contributed by atoms with Gasteiger partial charge >= 0.3 is 0 Å². The maximum atomic E-state index is 12.9. The number of benzene rings is 2. The van der Waals surface area contributed by atoms with Gasteiger partial charge in [-0.2, -0.15) is 0 Å². The Hall–Kier alpha value is -2.44. The summed E-state index contributed by atoms with van der Waals surface area (Å²) in [7, 11) is -3.42. The average Bonchev–Trinajstić information content (AvgIpc) is 2.68. The molecule has 6 heteroatoms. The van der Waals surface area contributed by atoms with Gasteiger partial charge in [0.2, 0.25) is 0 Å². The lowest BCUT2D eigenvalue weighted by Gasteiger charge is -2.35. The lowest BCUT2D eigenvalue weighted by atomic mass is 10.1. The molecule has 2 aromatic carbocycles. The van der Waals surface area contributed by atoms with Gasteiger partial charge in [0, 0.05) is 36.9 Å². The average molecular weight is 353 g/mol. The first-order valence-electron chi connectivity index (χ1n) is 8.27. The van der Waals surface area contributed by atoms with Crippen molar-refractivity contribution >= 4 is 26.4 Å². The summed E-state index contributed by atoms with van der Waals surface area (Å²) in [5.41, 5.74) is 1.95. The van der Waals surface area contributed by atoms with Crippen LogP contribution in [0.5, 0.6) is 0 Å². The molecule has 128 valence electrons. The Labute approximate surface area is 147 Å². The quantitative estimate of drug-likeness (QED) is 0.784. The fourth-order valence-electron chi connectivity index (χ4n) is 3.28. The molecule has 1 fully saturated rings. The maximum Gasteiger partial charge on any atom is 0.195 e. The van der Waals surface area contributed by atoms with Crippen LogP contribution in [0.2, 0.25) is 0 Å². The molecule has 1 aromatic heterocycles. The molecule has 0 spiro atoms. The Morgan fingerprint density at radius 3 is 2.68 bits per heavy atom. The number of anilines is 1. The number of piperazine rings is 1. The number of hydrogen-bond acceptors (Lipinski definition) is 5. The standard InChI is InChI=1S/C19H19N3O2S/c23-25(24,15-6-2-1-3-7-15)19-14-22(13-12-21-19)18-10-4-9-17-16(18)8-5-11-20-17/h1-11,19,21H,12-14H2. The normalized spacial score (nSPS) is 18.4. The van der Waals surface area contributed by atoms with Gasteiger partial charge in [0.1, 0.15) is 5.37 Å². The summed E-state index contributed by atoms with van der Waals surface area (Å²) in [5.74, 6) is 0. The van der Waals surface area contributed by atoms with Crippen molar-refractivity contribution in [3.05, 3.63) is 66.9 Å². The number of pyridine rings is 1. The van der Waals surface area contributed by atoms with Crippen LogP contribution in [0.1, 0.15) is 0 Å². The lowest BCUT2D eigenvalue weighted by molar-refractivity contribution is 0.509. The van der Waals surface area contributed by atoms with Gasteiger partial charge in [0.25, 0.3) is 0 Å². The van der Waals surface area contributed by atoms with Crippen LogP contribution in [0, 0.1) is 0 Å². The molecule has 3 aromatic rings. The molecule has 0 amide bonds. The third-order valence-electron chi connectivity index (χ3n) is 4.55. The molecule has 0 radical (unpaired) electrons. The van der Waals surface area contributed by atoms with Gasteiger partial charge in [-0.05, 0) is 36.4 Å². The summed E-state index contributed by atoms with van der Waals surface area (Å²) in [6.45, 7) is 1.79. The molecular weight excluding hydrogens is 334 g/mol. The number of hydrogen-bond donors (Lipinski definition) is 1. The Bertz CT molecular complexity index is 984. The van der Waals surface area contributed by atoms with E-state index in [0.29, 0.717) is 18.0 Å². The fraction of sp³-hybridized carbons (Fsp3) is 0.211. The van der Waals surface area contributed by atoms with Gasteiger partial charge in [0.15, 0.2) is 9.84 Å². The van der Waals surface area contributed by atoms with Gasteiger partial charge in [-0.1, -0.05) is 24.3 Å². The molecule has 1 saturated heterocycles. The minimum atomic E-state index is -3.42. The third kappa shape index (κ3) is 2.99. The van der Waals surface area contributed by atoms with Crippen molar-refractivity contribution in [3.8, 4) is 0 Å².